The molecule has 0 saturated carbocycles. The maximum absolute atomic E-state index is 11.4. The van der Waals surface area contributed by atoms with Crippen molar-refractivity contribution in [3.63, 3.8) is 0 Å². The van der Waals surface area contributed by atoms with Gasteiger partial charge in [-0.15, -0.1) is 0 Å². The first-order valence-corrected chi connectivity index (χ1v) is 4.60. The number of hydrogen-bond acceptors (Lipinski definition) is 6. The van der Waals surface area contributed by atoms with Crippen LogP contribution in [0.3, 0.4) is 0 Å². The van der Waals surface area contributed by atoms with E-state index in [9.17, 15) is 14.9 Å². The molecule has 1 aromatic heterocycles. The van der Waals surface area contributed by atoms with Gasteiger partial charge in [0.2, 0.25) is 10.9 Å². The number of furan rings is 1. The lowest BCUT2D eigenvalue weighted by Crippen LogP contribution is -2.46. The molecule has 0 aliphatic rings. The quantitative estimate of drug-likeness (QED) is 0.387. The lowest BCUT2D eigenvalue weighted by molar-refractivity contribution is -0.402. The SMILES string of the molecule is CN(O)C(=S)NNC(=O)c1ccc([N+](=O)[O-])o1. The van der Waals surface area contributed by atoms with Crippen LogP contribution in [0.4, 0.5) is 5.88 Å². The molecule has 0 bridgehead atoms. The monoisotopic (exact) mass is 260 g/mol. The number of nitro groups is 1. The third-order valence-electron chi connectivity index (χ3n) is 1.57. The Labute approximate surface area is 100 Å². The van der Waals surface area contributed by atoms with Crippen LogP contribution in [0.5, 0.6) is 0 Å². The Morgan fingerprint density at radius 1 is 1.59 bits per heavy atom. The fraction of sp³-hybridized carbons (Fsp3) is 0.143. The number of thiocarbonyl (C=S) groups is 1. The van der Waals surface area contributed by atoms with Gasteiger partial charge in [-0.25, -0.2) is 5.06 Å². The number of rotatable bonds is 2. The highest BCUT2D eigenvalue weighted by molar-refractivity contribution is 7.80. The van der Waals surface area contributed by atoms with Crippen molar-refractivity contribution in [2.45, 2.75) is 0 Å². The minimum Gasteiger partial charge on any atom is -0.395 e. The van der Waals surface area contributed by atoms with Crippen LogP contribution < -0.4 is 10.9 Å². The highest BCUT2D eigenvalue weighted by atomic mass is 32.1. The first-order chi connectivity index (χ1) is 7.91. The predicted molar refractivity (Wildman–Crippen MR) is 58.1 cm³/mol. The summed E-state index contributed by atoms with van der Waals surface area (Å²) in [5.41, 5.74) is 4.28. The van der Waals surface area contributed by atoms with Crippen molar-refractivity contribution in [3.05, 3.63) is 28.0 Å². The van der Waals surface area contributed by atoms with Gasteiger partial charge in [0.25, 0.3) is 0 Å². The van der Waals surface area contributed by atoms with E-state index in [1.54, 1.807) is 0 Å². The number of hydrogen-bond donors (Lipinski definition) is 3. The number of hydroxylamine groups is 2. The van der Waals surface area contributed by atoms with Crippen molar-refractivity contribution in [1.82, 2.24) is 15.9 Å². The summed E-state index contributed by atoms with van der Waals surface area (Å²) in [6, 6.07) is 2.19. The van der Waals surface area contributed by atoms with Gasteiger partial charge in [-0.3, -0.25) is 31.0 Å². The number of nitrogens with zero attached hydrogens (tertiary/aromatic N) is 2. The van der Waals surface area contributed by atoms with Gasteiger partial charge in [-0.2, -0.15) is 0 Å². The van der Waals surface area contributed by atoms with Crippen LogP contribution >= 0.6 is 12.2 Å². The molecule has 0 spiro atoms. The molecule has 17 heavy (non-hydrogen) atoms. The van der Waals surface area contributed by atoms with Crippen LogP contribution in [-0.2, 0) is 0 Å². The largest absolute Gasteiger partial charge is 0.433 e. The van der Waals surface area contributed by atoms with Gasteiger partial charge in [-0.05, 0) is 18.3 Å². The van der Waals surface area contributed by atoms with Crippen LogP contribution in [0.25, 0.3) is 0 Å². The second kappa shape index (κ2) is 5.23. The van der Waals surface area contributed by atoms with Crippen LogP contribution in [0.1, 0.15) is 10.6 Å². The average Bonchev–Trinajstić information content (AvgIpc) is 2.74. The molecule has 3 N–H and O–H groups in total. The molecule has 9 nitrogen and oxygen atoms in total. The Balaban J connectivity index is 2.58. The van der Waals surface area contributed by atoms with Gasteiger partial charge < -0.3 is 4.42 Å². The maximum atomic E-state index is 11.4. The van der Waals surface area contributed by atoms with Gasteiger partial charge in [0.05, 0.1) is 6.07 Å². The molecule has 1 aromatic rings. The van der Waals surface area contributed by atoms with Gasteiger partial charge in [0.1, 0.15) is 4.92 Å². The fourth-order valence-electron chi connectivity index (χ4n) is 0.801. The normalized spacial score (nSPS) is 9.53. The Kier molecular flexibility index (Phi) is 3.96. The molecule has 0 aliphatic heterocycles. The van der Waals surface area contributed by atoms with Crippen molar-refractivity contribution in [2.75, 3.05) is 7.05 Å². The van der Waals surface area contributed by atoms with E-state index in [0.717, 1.165) is 12.1 Å². The van der Waals surface area contributed by atoms with E-state index in [2.05, 4.69) is 27.5 Å². The molecular weight excluding hydrogens is 252 g/mol. The Hall–Kier alpha value is -2.20. The van der Waals surface area contributed by atoms with Crippen molar-refractivity contribution in [3.8, 4) is 0 Å². The van der Waals surface area contributed by atoms with Crippen LogP contribution in [0.2, 0.25) is 0 Å². The Morgan fingerprint density at radius 2 is 2.24 bits per heavy atom. The summed E-state index contributed by atoms with van der Waals surface area (Å²) in [6.07, 6.45) is 0. The number of nitrogens with one attached hydrogen (secondary N) is 2. The average molecular weight is 260 g/mol. The third-order valence-corrected chi connectivity index (χ3v) is 1.94. The molecule has 1 amide bonds. The fourth-order valence-corrected chi connectivity index (χ4v) is 0.852. The zero-order chi connectivity index (χ0) is 13.0. The van der Waals surface area contributed by atoms with E-state index in [1.807, 2.05) is 0 Å². The Morgan fingerprint density at radius 3 is 2.71 bits per heavy atom. The second-order valence-corrected chi connectivity index (χ2v) is 3.19. The van der Waals surface area contributed by atoms with E-state index >= 15 is 0 Å². The lowest BCUT2D eigenvalue weighted by atomic mass is 10.4. The first kappa shape index (κ1) is 12.9. The first-order valence-electron chi connectivity index (χ1n) is 4.19. The summed E-state index contributed by atoms with van der Waals surface area (Å²) in [5, 5.41) is 19.6. The molecule has 0 saturated heterocycles. The third kappa shape index (κ3) is 3.39. The van der Waals surface area contributed by atoms with Crippen molar-refractivity contribution in [2.24, 2.45) is 0 Å². The molecule has 0 fully saturated rings. The Bertz CT molecular complexity index is 457. The van der Waals surface area contributed by atoms with E-state index in [4.69, 9.17) is 5.21 Å². The van der Waals surface area contributed by atoms with Crippen LogP contribution in [0, 0.1) is 10.1 Å². The second-order valence-electron chi connectivity index (χ2n) is 2.80. The summed E-state index contributed by atoms with van der Waals surface area (Å²) < 4.78 is 4.63. The van der Waals surface area contributed by atoms with Gasteiger partial charge >= 0.3 is 11.8 Å². The van der Waals surface area contributed by atoms with Crippen LogP contribution in [-0.4, -0.2) is 33.3 Å². The topological polar surface area (TPSA) is 121 Å². The lowest BCUT2D eigenvalue weighted by Gasteiger charge is -2.13. The molecule has 10 heteroatoms. The molecule has 92 valence electrons. The molecule has 0 aromatic carbocycles. The highest BCUT2D eigenvalue weighted by Crippen LogP contribution is 2.14. The summed E-state index contributed by atoms with van der Waals surface area (Å²) in [7, 11) is 1.25. The van der Waals surface area contributed by atoms with Crippen molar-refractivity contribution >= 4 is 29.1 Å². The highest BCUT2D eigenvalue weighted by Gasteiger charge is 2.17. The zero-order valence-corrected chi connectivity index (χ0v) is 9.35. The summed E-state index contributed by atoms with van der Waals surface area (Å²) in [5.74, 6) is -1.56. The number of carbonyl (C=O) groups is 1. The molecule has 0 atom stereocenters. The maximum Gasteiger partial charge on any atom is 0.433 e. The molecular formula is C7H8N4O5S. The van der Waals surface area contributed by atoms with Gasteiger partial charge in [-0.1, -0.05) is 0 Å². The molecule has 0 radical (unpaired) electrons. The van der Waals surface area contributed by atoms with Gasteiger partial charge in [0.15, 0.2) is 0 Å². The molecule has 1 heterocycles. The smallest absolute Gasteiger partial charge is 0.395 e. The van der Waals surface area contributed by atoms with E-state index in [0.29, 0.717) is 5.06 Å². The van der Waals surface area contributed by atoms with Crippen molar-refractivity contribution < 1.29 is 19.3 Å². The minimum absolute atomic E-state index is 0.153. The van der Waals surface area contributed by atoms with E-state index in [1.165, 1.54) is 7.05 Å². The summed E-state index contributed by atoms with van der Waals surface area (Å²) in [4.78, 5) is 20.9. The van der Waals surface area contributed by atoms with E-state index < -0.39 is 16.7 Å². The van der Waals surface area contributed by atoms with E-state index in [-0.39, 0.29) is 10.9 Å². The van der Waals surface area contributed by atoms with Gasteiger partial charge in [0, 0.05) is 7.05 Å². The number of carbonyl (C=O) groups excluding carboxylic acids is 1. The zero-order valence-electron chi connectivity index (χ0n) is 8.54. The predicted octanol–water partition coefficient (Wildman–Crippen LogP) is 0.0281. The standard InChI is InChI=1S/C7H8N4O5S/c1-10(13)7(17)9-8-6(12)4-2-3-5(16-4)11(14)15/h2-3,13H,1H3,(H,8,12)(H,9,17). The summed E-state index contributed by atoms with van der Waals surface area (Å²) in [6.45, 7) is 0. The van der Waals surface area contributed by atoms with Crippen LogP contribution in [0.15, 0.2) is 16.5 Å². The molecule has 1 rings (SSSR count). The molecule has 0 unspecified atom stereocenters. The number of amides is 1. The van der Waals surface area contributed by atoms with Crippen molar-refractivity contribution in [1.29, 1.82) is 0 Å². The molecule has 0 aliphatic carbocycles. The minimum atomic E-state index is -0.768. The summed E-state index contributed by atoms with van der Waals surface area (Å²) >= 11 is 4.60. The number of hydrazine groups is 1.